The van der Waals surface area contributed by atoms with Crippen LogP contribution in [0.25, 0.3) is 0 Å². The van der Waals surface area contributed by atoms with E-state index in [0.29, 0.717) is 31.1 Å². The van der Waals surface area contributed by atoms with Crippen molar-refractivity contribution in [3.05, 3.63) is 71.0 Å². The van der Waals surface area contributed by atoms with Crippen LogP contribution in [0.1, 0.15) is 41.9 Å². The number of aliphatic hydroxyl groups is 1. The van der Waals surface area contributed by atoms with Crippen LogP contribution in [0, 0.1) is 5.82 Å². The van der Waals surface area contributed by atoms with Crippen LogP contribution in [0.3, 0.4) is 0 Å². The van der Waals surface area contributed by atoms with E-state index in [0.717, 1.165) is 18.4 Å². The van der Waals surface area contributed by atoms with E-state index >= 15 is 0 Å². The van der Waals surface area contributed by atoms with Crippen molar-refractivity contribution in [2.75, 3.05) is 19.6 Å². The number of hydrogen-bond donors (Lipinski definition) is 2. The number of halogens is 1. The maximum atomic E-state index is 14.0. The van der Waals surface area contributed by atoms with Gasteiger partial charge in [-0.1, -0.05) is 42.5 Å². The van der Waals surface area contributed by atoms with Crippen LogP contribution in [0.15, 0.2) is 48.5 Å². The van der Waals surface area contributed by atoms with Gasteiger partial charge in [0.05, 0.1) is 12.5 Å². The lowest BCUT2D eigenvalue weighted by Gasteiger charge is -2.36. The molecule has 0 radical (unpaired) electrons. The summed E-state index contributed by atoms with van der Waals surface area (Å²) in [4.78, 5) is 29.4. The normalized spacial score (nSPS) is 21.7. The third kappa shape index (κ3) is 4.69. The molecule has 0 aromatic heterocycles. The van der Waals surface area contributed by atoms with Crippen molar-refractivity contribution in [1.82, 2.24) is 9.80 Å². The Hall–Kier alpha value is -2.77. The third-order valence-corrected chi connectivity index (χ3v) is 6.71. The van der Waals surface area contributed by atoms with Gasteiger partial charge in [-0.15, -0.1) is 0 Å². The molecule has 2 aromatic rings. The molecular weight excluding hydrogens is 409 g/mol. The van der Waals surface area contributed by atoms with E-state index in [2.05, 4.69) is 6.07 Å². The fraction of sp³-hybridized carbons (Fsp3) is 0.440. The lowest BCUT2D eigenvalue weighted by Crippen LogP contribution is -2.50. The highest BCUT2D eigenvalue weighted by atomic mass is 19.1. The monoisotopic (exact) mass is 439 g/mol. The van der Waals surface area contributed by atoms with E-state index in [1.54, 1.807) is 23.1 Å². The minimum absolute atomic E-state index is 0.101. The zero-order valence-electron chi connectivity index (χ0n) is 18.1. The van der Waals surface area contributed by atoms with Gasteiger partial charge in [-0.25, -0.2) is 4.39 Å². The number of likely N-dealkylation sites (tertiary alicyclic amines) is 2. The van der Waals surface area contributed by atoms with E-state index in [9.17, 15) is 19.1 Å². The lowest BCUT2D eigenvalue weighted by atomic mass is 9.86. The molecule has 0 spiro atoms. The SMILES string of the molecule is NCc1ccccc1C1CCN(C(=O)C2CC(O)CN2C(=O)Cc2ccccc2F)CC1. The van der Waals surface area contributed by atoms with Crippen LogP contribution in [-0.2, 0) is 22.6 Å². The molecule has 4 rings (SSSR count). The molecule has 0 bridgehead atoms. The number of benzene rings is 2. The molecule has 2 unspecified atom stereocenters. The largest absolute Gasteiger partial charge is 0.391 e. The first kappa shape index (κ1) is 22.4. The Morgan fingerprint density at radius 1 is 1.03 bits per heavy atom. The Balaban J connectivity index is 1.41. The minimum atomic E-state index is -0.748. The molecule has 2 heterocycles. The number of amides is 2. The Morgan fingerprint density at radius 2 is 1.69 bits per heavy atom. The van der Waals surface area contributed by atoms with E-state index in [-0.39, 0.29) is 31.2 Å². The number of rotatable bonds is 5. The number of β-amino-alcohol motifs (C(OH)–C–C–N with tert-alkyl or cyclic N) is 1. The second-order valence-electron chi connectivity index (χ2n) is 8.72. The summed E-state index contributed by atoms with van der Waals surface area (Å²) in [7, 11) is 0. The average Bonchev–Trinajstić information content (AvgIpc) is 3.22. The van der Waals surface area contributed by atoms with Crippen molar-refractivity contribution >= 4 is 11.8 Å². The van der Waals surface area contributed by atoms with Gasteiger partial charge in [-0.3, -0.25) is 9.59 Å². The summed E-state index contributed by atoms with van der Waals surface area (Å²) in [5.74, 6) is -0.555. The fourth-order valence-corrected chi connectivity index (χ4v) is 4.97. The highest BCUT2D eigenvalue weighted by Gasteiger charge is 2.41. The summed E-state index contributed by atoms with van der Waals surface area (Å²) in [6.07, 6.45) is 1.02. The molecule has 2 saturated heterocycles. The first-order valence-electron chi connectivity index (χ1n) is 11.3. The van der Waals surface area contributed by atoms with E-state index in [4.69, 9.17) is 5.73 Å². The van der Waals surface area contributed by atoms with Crippen molar-refractivity contribution in [2.24, 2.45) is 5.73 Å². The van der Waals surface area contributed by atoms with Crippen molar-refractivity contribution in [3.63, 3.8) is 0 Å². The van der Waals surface area contributed by atoms with Crippen molar-refractivity contribution in [3.8, 4) is 0 Å². The highest BCUT2D eigenvalue weighted by molar-refractivity contribution is 5.89. The van der Waals surface area contributed by atoms with Gasteiger partial charge in [0.15, 0.2) is 0 Å². The number of nitrogens with zero attached hydrogens (tertiary/aromatic N) is 2. The number of aliphatic hydroxyl groups excluding tert-OH is 1. The second kappa shape index (κ2) is 9.79. The van der Waals surface area contributed by atoms with E-state index in [1.165, 1.54) is 16.5 Å². The molecule has 32 heavy (non-hydrogen) atoms. The Morgan fingerprint density at radius 3 is 2.38 bits per heavy atom. The van der Waals surface area contributed by atoms with Gasteiger partial charge in [0.2, 0.25) is 11.8 Å². The Bertz CT molecular complexity index is 974. The Kier molecular flexibility index (Phi) is 6.86. The standard InChI is InChI=1S/C25H30FN3O3/c26-22-8-4-2-5-18(22)13-24(31)29-16-20(30)14-23(29)25(32)28-11-9-17(10-12-28)21-7-3-1-6-19(21)15-27/h1-8,17,20,23,30H,9-16,27H2. The van der Waals surface area contributed by atoms with Crippen LogP contribution in [0.5, 0.6) is 0 Å². The average molecular weight is 440 g/mol. The maximum Gasteiger partial charge on any atom is 0.245 e. The maximum absolute atomic E-state index is 14.0. The molecule has 6 nitrogen and oxygen atoms in total. The molecular formula is C25H30FN3O3. The first-order chi connectivity index (χ1) is 15.5. The second-order valence-corrected chi connectivity index (χ2v) is 8.72. The molecule has 2 fully saturated rings. The van der Waals surface area contributed by atoms with Gasteiger partial charge in [-0.05, 0) is 41.5 Å². The van der Waals surface area contributed by atoms with Gasteiger partial charge >= 0.3 is 0 Å². The Labute approximate surface area is 187 Å². The molecule has 2 amide bonds. The van der Waals surface area contributed by atoms with Crippen LogP contribution in [-0.4, -0.2) is 58.5 Å². The zero-order valence-corrected chi connectivity index (χ0v) is 18.1. The number of hydrogen-bond acceptors (Lipinski definition) is 4. The molecule has 2 atom stereocenters. The van der Waals surface area contributed by atoms with Gasteiger partial charge < -0.3 is 20.6 Å². The molecule has 2 aliphatic heterocycles. The van der Waals surface area contributed by atoms with Gasteiger partial charge in [0.1, 0.15) is 11.9 Å². The van der Waals surface area contributed by atoms with Crippen LogP contribution < -0.4 is 5.73 Å². The predicted molar refractivity (Wildman–Crippen MR) is 119 cm³/mol. The summed E-state index contributed by atoms with van der Waals surface area (Å²) >= 11 is 0. The zero-order chi connectivity index (χ0) is 22.7. The van der Waals surface area contributed by atoms with Crippen LogP contribution >= 0.6 is 0 Å². The van der Waals surface area contributed by atoms with E-state index in [1.807, 2.05) is 18.2 Å². The number of carbonyl (C=O) groups excluding carboxylic acids is 2. The van der Waals surface area contributed by atoms with Crippen molar-refractivity contribution in [1.29, 1.82) is 0 Å². The van der Waals surface area contributed by atoms with Gasteiger partial charge in [0, 0.05) is 32.6 Å². The summed E-state index contributed by atoms with van der Waals surface area (Å²) < 4.78 is 14.0. The highest BCUT2D eigenvalue weighted by Crippen LogP contribution is 2.31. The van der Waals surface area contributed by atoms with Crippen LogP contribution in [0.4, 0.5) is 4.39 Å². The lowest BCUT2D eigenvalue weighted by molar-refractivity contribution is -0.144. The first-order valence-corrected chi connectivity index (χ1v) is 11.3. The smallest absolute Gasteiger partial charge is 0.245 e. The third-order valence-electron chi connectivity index (χ3n) is 6.71. The number of nitrogens with two attached hydrogens (primary N) is 1. The molecule has 2 aromatic carbocycles. The van der Waals surface area contributed by atoms with Gasteiger partial charge in [-0.2, -0.15) is 0 Å². The molecule has 7 heteroatoms. The number of piperidine rings is 1. The quantitative estimate of drug-likeness (QED) is 0.748. The molecule has 3 N–H and O–H groups in total. The van der Waals surface area contributed by atoms with E-state index < -0.39 is 18.0 Å². The van der Waals surface area contributed by atoms with Crippen LogP contribution in [0.2, 0.25) is 0 Å². The van der Waals surface area contributed by atoms with Crippen molar-refractivity contribution < 1.29 is 19.1 Å². The summed E-state index contributed by atoms with van der Waals surface area (Å²) in [6.45, 7) is 1.80. The van der Waals surface area contributed by atoms with Crippen molar-refractivity contribution in [2.45, 2.75) is 50.3 Å². The molecule has 170 valence electrons. The molecule has 2 aliphatic rings. The minimum Gasteiger partial charge on any atom is -0.391 e. The molecule has 0 saturated carbocycles. The van der Waals surface area contributed by atoms with Gasteiger partial charge in [0.25, 0.3) is 0 Å². The summed E-state index contributed by atoms with van der Waals surface area (Å²) in [5.41, 5.74) is 8.57. The predicted octanol–water partition coefficient (Wildman–Crippen LogP) is 2.19. The topological polar surface area (TPSA) is 86.9 Å². The molecule has 0 aliphatic carbocycles. The summed E-state index contributed by atoms with van der Waals surface area (Å²) in [5, 5.41) is 10.2. The fourth-order valence-electron chi connectivity index (χ4n) is 4.97. The number of carbonyl (C=O) groups is 2. The summed E-state index contributed by atoms with van der Waals surface area (Å²) in [6, 6.07) is 13.6.